The first-order valence-corrected chi connectivity index (χ1v) is 11.9. The predicted molar refractivity (Wildman–Crippen MR) is 138 cm³/mol. The molecule has 0 bridgehead atoms. The van der Waals surface area contributed by atoms with E-state index in [9.17, 15) is 4.79 Å². The number of anilines is 1. The van der Waals surface area contributed by atoms with Crippen molar-refractivity contribution < 1.29 is 4.79 Å². The van der Waals surface area contributed by atoms with Crippen LogP contribution >= 0.6 is 22.9 Å². The summed E-state index contributed by atoms with van der Waals surface area (Å²) >= 11 is 7.84. The topological polar surface area (TPSA) is 33.2 Å². The smallest absolute Gasteiger partial charge is 0.233 e. The molecule has 0 spiro atoms. The molecular formula is C28H21ClN2OS. The highest BCUT2D eigenvalue weighted by atomic mass is 35.5. The third kappa shape index (κ3) is 4.82. The van der Waals surface area contributed by atoms with Gasteiger partial charge in [0.05, 0.1) is 22.7 Å². The normalized spacial score (nSPS) is 10.9. The minimum Gasteiger partial charge on any atom is -0.283 e. The number of carbonyl (C=O) groups is 1. The molecular weight excluding hydrogens is 448 g/mol. The second kappa shape index (κ2) is 9.57. The molecule has 1 heterocycles. The highest BCUT2D eigenvalue weighted by Gasteiger charge is 2.21. The first-order valence-electron chi connectivity index (χ1n) is 10.7. The largest absolute Gasteiger partial charge is 0.283 e. The minimum atomic E-state index is 0.00138. The van der Waals surface area contributed by atoms with Gasteiger partial charge in [-0.15, -0.1) is 0 Å². The minimum absolute atomic E-state index is 0.00138. The SMILES string of the molecule is O=C(Cc1ccc(-c2ccccc2)cc1)N(Cc1ccccc1)c1nc2c(Cl)cccc2s1. The van der Waals surface area contributed by atoms with Crippen molar-refractivity contribution in [2.24, 2.45) is 0 Å². The zero-order chi connectivity index (χ0) is 22.6. The van der Waals surface area contributed by atoms with Gasteiger partial charge in [-0.05, 0) is 34.4 Å². The number of rotatable bonds is 6. The molecule has 1 amide bonds. The van der Waals surface area contributed by atoms with Crippen LogP contribution in [0.2, 0.25) is 5.02 Å². The number of para-hydroxylation sites is 1. The Hall–Kier alpha value is -3.47. The van der Waals surface area contributed by atoms with E-state index < -0.39 is 0 Å². The quantitative estimate of drug-likeness (QED) is 0.260. The van der Waals surface area contributed by atoms with Crippen molar-refractivity contribution in [3.63, 3.8) is 0 Å². The Morgan fingerprint density at radius 3 is 2.12 bits per heavy atom. The molecule has 0 saturated heterocycles. The van der Waals surface area contributed by atoms with Crippen LogP contribution in [-0.2, 0) is 17.8 Å². The fraction of sp³-hybridized carbons (Fsp3) is 0.0714. The van der Waals surface area contributed by atoms with Gasteiger partial charge in [0, 0.05) is 0 Å². The van der Waals surface area contributed by atoms with E-state index in [0.29, 0.717) is 23.1 Å². The zero-order valence-electron chi connectivity index (χ0n) is 17.8. The van der Waals surface area contributed by atoms with Crippen molar-refractivity contribution in [3.05, 3.63) is 119 Å². The van der Waals surface area contributed by atoms with Gasteiger partial charge < -0.3 is 0 Å². The van der Waals surface area contributed by atoms with Crippen LogP contribution in [0.15, 0.2) is 103 Å². The number of nitrogens with zero attached hydrogens (tertiary/aromatic N) is 2. The molecule has 0 atom stereocenters. The number of halogens is 1. The van der Waals surface area contributed by atoms with Gasteiger partial charge in [-0.25, -0.2) is 4.98 Å². The summed E-state index contributed by atoms with van der Waals surface area (Å²) in [5.74, 6) is 0.00138. The van der Waals surface area contributed by atoms with Crippen LogP contribution in [0.4, 0.5) is 5.13 Å². The second-order valence-electron chi connectivity index (χ2n) is 7.79. The lowest BCUT2D eigenvalue weighted by molar-refractivity contribution is -0.118. The lowest BCUT2D eigenvalue weighted by atomic mass is 10.0. The summed E-state index contributed by atoms with van der Waals surface area (Å²) < 4.78 is 0.968. The Labute approximate surface area is 201 Å². The molecule has 162 valence electrons. The monoisotopic (exact) mass is 468 g/mol. The van der Waals surface area contributed by atoms with Crippen LogP contribution in [0.25, 0.3) is 21.3 Å². The molecule has 5 aromatic rings. The van der Waals surface area contributed by atoms with Crippen molar-refractivity contribution in [3.8, 4) is 11.1 Å². The maximum atomic E-state index is 13.5. The second-order valence-corrected chi connectivity index (χ2v) is 9.20. The van der Waals surface area contributed by atoms with Gasteiger partial charge in [-0.2, -0.15) is 0 Å². The molecule has 33 heavy (non-hydrogen) atoms. The Morgan fingerprint density at radius 1 is 0.758 bits per heavy atom. The van der Waals surface area contributed by atoms with E-state index >= 15 is 0 Å². The lowest BCUT2D eigenvalue weighted by Crippen LogP contribution is -2.31. The van der Waals surface area contributed by atoms with Gasteiger partial charge in [0.1, 0.15) is 5.52 Å². The third-order valence-corrected chi connectivity index (χ3v) is 6.84. The van der Waals surface area contributed by atoms with E-state index in [-0.39, 0.29) is 5.91 Å². The molecule has 5 rings (SSSR count). The number of hydrogen-bond acceptors (Lipinski definition) is 3. The van der Waals surface area contributed by atoms with E-state index in [4.69, 9.17) is 16.6 Å². The van der Waals surface area contributed by atoms with E-state index in [1.165, 1.54) is 11.3 Å². The van der Waals surface area contributed by atoms with E-state index in [1.807, 2.05) is 78.9 Å². The van der Waals surface area contributed by atoms with Crippen molar-refractivity contribution in [1.29, 1.82) is 0 Å². The molecule has 5 heteroatoms. The van der Waals surface area contributed by atoms with Gasteiger partial charge in [0.15, 0.2) is 5.13 Å². The van der Waals surface area contributed by atoms with Crippen LogP contribution in [0, 0.1) is 0 Å². The predicted octanol–water partition coefficient (Wildman–Crippen LogP) is 7.39. The van der Waals surface area contributed by atoms with Gasteiger partial charge in [-0.3, -0.25) is 9.69 Å². The van der Waals surface area contributed by atoms with Gasteiger partial charge in [0.2, 0.25) is 5.91 Å². The molecule has 0 aliphatic heterocycles. The molecule has 0 radical (unpaired) electrons. The summed E-state index contributed by atoms with van der Waals surface area (Å²) in [7, 11) is 0. The van der Waals surface area contributed by atoms with Crippen LogP contribution in [-0.4, -0.2) is 10.9 Å². The lowest BCUT2D eigenvalue weighted by Gasteiger charge is -2.20. The summed E-state index contributed by atoms with van der Waals surface area (Å²) in [4.78, 5) is 20.0. The van der Waals surface area contributed by atoms with E-state index in [1.54, 1.807) is 4.90 Å². The fourth-order valence-corrected chi connectivity index (χ4v) is 5.04. The molecule has 0 saturated carbocycles. The van der Waals surface area contributed by atoms with E-state index in [0.717, 1.165) is 32.5 Å². The third-order valence-electron chi connectivity index (χ3n) is 5.49. The molecule has 1 aromatic heterocycles. The van der Waals surface area contributed by atoms with Crippen molar-refractivity contribution in [2.45, 2.75) is 13.0 Å². The summed E-state index contributed by atoms with van der Waals surface area (Å²) in [5, 5.41) is 1.26. The summed E-state index contributed by atoms with van der Waals surface area (Å²) in [6.45, 7) is 0.458. The molecule has 3 nitrogen and oxygen atoms in total. The highest BCUT2D eigenvalue weighted by Crippen LogP contribution is 2.34. The Balaban J connectivity index is 1.43. The molecule has 0 N–H and O–H groups in total. The number of benzene rings is 4. The summed E-state index contributed by atoms with van der Waals surface area (Å²) in [5.41, 5.74) is 5.05. The molecule has 4 aromatic carbocycles. The first kappa shape index (κ1) is 21.4. The molecule has 0 fully saturated rings. The average molecular weight is 469 g/mol. The van der Waals surface area contributed by atoms with Crippen molar-refractivity contribution in [1.82, 2.24) is 4.98 Å². The van der Waals surface area contributed by atoms with Crippen LogP contribution < -0.4 is 4.90 Å². The first-order chi connectivity index (χ1) is 16.2. The zero-order valence-corrected chi connectivity index (χ0v) is 19.4. The van der Waals surface area contributed by atoms with Crippen LogP contribution in [0.1, 0.15) is 11.1 Å². The number of fused-ring (bicyclic) bond motifs is 1. The highest BCUT2D eigenvalue weighted by molar-refractivity contribution is 7.22. The number of amides is 1. The van der Waals surface area contributed by atoms with E-state index in [2.05, 4.69) is 24.3 Å². The van der Waals surface area contributed by atoms with Gasteiger partial charge >= 0.3 is 0 Å². The van der Waals surface area contributed by atoms with Crippen LogP contribution in [0.5, 0.6) is 0 Å². The molecule has 0 aliphatic rings. The average Bonchev–Trinajstić information content (AvgIpc) is 3.29. The molecule has 0 unspecified atom stereocenters. The van der Waals surface area contributed by atoms with Crippen LogP contribution in [0.3, 0.4) is 0 Å². The number of aromatic nitrogens is 1. The fourth-order valence-electron chi connectivity index (χ4n) is 3.76. The van der Waals surface area contributed by atoms with Crippen molar-refractivity contribution >= 4 is 44.2 Å². The van der Waals surface area contributed by atoms with Gasteiger partial charge in [0.25, 0.3) is 0 Å². The van der Waals surface area contributed by atoms with Crippen molar-refractivity contribution in [2.75, 3.05) is 4.90 Å². The molecule has 0 aliphatic carbocycles. The number of hydrogen-bond donors (Lipinski definition) is 0. The van der Waals surface area contributed by atoms with Gasteiger partial charge in [-0.1, -0.05) is 114 Å². The summed E-state index contributed by atoms with van der Waals surface area (Å²) in [6.07, 6.45) is 0.297. The standard InChI is InChI=1S/C28H21ClN2OS/c29-24-12-7-13-25-27(24)30-28(33-25)31(19-21-8-3-1-4-9-21)26(32)18-20-14-16-23(17-15-20)22-10-5-2-6-11-22/h1-17H,18-19H2. The Bertz CT molecular complexity index is 1380. The Kier molecular flexibility index (Phi) is 6.20. The maximum absolute atomic E-state index is 13.5. The number of carbonyl (C=O) groups excluding carboxylic acids is 1. The summed E-state index contributed by atoms with van der Waals surface area (Å²) in [6, 6.07) is 34.1. The Morgan fingerprint density at radius 2 is 1.42 bits per heavy atom. The number of thiazole rings is 1. The maximum Gasteiger partial charge on any atom is 0.233 e.